The second-order valence-corrected chi connectivity index (χ2v) is 7.66. The van der Waals surface area contributed by atoms with Crippen molar-refractivity contribution >= 4 is 11.8 Å². The summed E-state index contributed by atoms with van der Waals surface area (Å²) in [5, 5.41) is 0. The van der Waals surface area contributed by atoms with Crippen molar-refractivity contribution in [2.24, 2.45) is 5.92 Å². The van der Waals surface area contributed by atoms with Crippen LogP contribution in [0.5, 0.6) is 0 Å². The highest BCUT2D eigenvalue weighted by molar-refractivity contribution is 6.21. The Morgan fingerprint density at radius 1 is 1.00 bits per heavy atom. The van der Waals surface area contributed by atoms with Gasteiger partial charge in [0.1, 0.15) is 0 Å². The number of imide groups is 1. The molecule has 0 N–H and O–H groups in total. The topological polar surface area (TPSA) is 37.4 Å². The first-order chi connectivity index (χ1) is 11.1. The van der Waals surface area contributed by atoms with Crippen LogP contribution in [0, 0.1) is 5.92 Å². The number of quaternary nitrogens is 1. The molecule has 2 amide bonds. The number of piperidine rings is 2. The molecule has 3 heterocycles. The molecule has 0 bridgehead atoms. The summed E-state index contributed by atoms with van der Waals surface area (Å²) in [5.41, 5.74) is 1.16. The fourth-order valence-electron chi connectivity index (χ4n) is 5.09. The molecule has 4 heteroatoms. The Bertz CT molecular complexity index is 618. The largest absolute Gasteiger partial charge is 0.323 e. The maximum absolute atomic E-state index is 12.6. The van der Waals surface area contributed by atoms with Crippen LogP contribution in [0.4, 0.5) is 0 Å². The van der Waals surface area contributed by atoms with Crippen LogP contribution in [0.1, 0.15) is 52.8 Å². The lowest BCUT2D eigenvalue weighted by Crippen LogP contribution is -2.62. The van der Waals surface area contributed by atoms with E-state index in [1.165, 1.54) is 43.7 Å². The fraction of sp³-hybridized carbons (Fsp3) is 0.579. The molecule has 23 heavy (non-hydrogen) atoms. The number of hydrogen-bond acceptors (Lipinski definition) is 2. The summed E-state index contributed by atoms with van der Waals surface area (Å²) in [6.07, 6.45) is 6.20. The summed E-state index contributed by atoms with van der Waals surface area (Å²) in [6.45, 7) is 3.11. The average molecular weight is 313 g/mol. The number of carbonyl (C=O) groups is 2. The minimum atomic E-state index is -0.0961. The lowest BCUT2D eigenvalue weighted by Gasteiger charge is -2.51. The molecule has 0 aliphatic carbocycles. The molecule has 0 saturated carbocycles. The summed E-state index contributed by atoms with van der Waals surface area (Å²) in [7, 11) is 2.37. The van der Waals surface area contributed by atoms with Gasteiger partial charge in [-0.1, -0.05) is 12.1 Å². The van der Waals surface area contributed by atoms with E-state index in [0.29, 0.717) is 29.6 Å². The highest BCUT2D eigenvalue weighted by atomic mass is 16.2. The molecule has 0 spiro atoms. The number of fused-ring (bicyclic) bond motifs is 2. The molecule has 3 atom stereocenters. The van der Waals surface area contributed by atoms with Gasteiger partial charge >= 0.3 is 0 Å². The van der Waals surface area contributed by atoms with E-state index >= 15 is 0 Å². The van der Waals surface area contributed by atoms with Gasteiger partial charge in [0.15, 0.2) is 0 Å². The van der Waals surface area contributed by atoms with Crippen molar-refractivity contribution in [3.8, 4) is 0 Å². The molecule has 3 aliphatic rings. The Balaban J connectivity index is 1.57. The third-order valence-electron chi connectivity index (χ3n) is 6.30. The number of nitrogens with zero attached hydrogens (tertiary/aromatic N) is 2. The molecule has 0 aromatic heterocycles. The van der Waals surface area contributed by atoms with Crippen LogP contribution in [0.15, 0.2) is 24.3 Å². The van der Waals surface area contributed by atoms with E-state index < -0.39 is 0 Å². The van der Waals surface area contributed by atoms with Crippen LogP contribution < -0.4 is 0 Å². The van der Waals surface area contributed by atoms with E-state index in [-0.39, 0.29) is 11.8 Å². The van der Waals surface area contributed by atoms with Crippen molar-refractivity contribution in [1.29, 1.82) is 0 Å². The molecule has 3 aliphatic heterocycles. The zero-order chi connectivity index (χ0) is 16.0. The van der Waals surface area contributed by atoms with Crippen molar-refractivity contribution in [2.45, 2.75) is 38.1 Å². The van der Waals surface area contributed by atoms with E-state index in [1.807, 2.05) is 12.1 Å². The molecule has 2 saturated heterocycles. The lowest BCUT2D eigenvalue weighted by molar-refractivity contribution is -0.947. The van der Waals surface area contributed by atoms with Gasteiger partial charge in [-0.25, -0.2) is 0 Å². The Morgan fingerprint density at radius 2 is 1.65 bits per heavy atom. The van der Waals surface area contributed by atoms with Crippen molar-refractivity contribution in [3.05, 3.63) is 35.4 Å². The molecule has 0 radical (unpaired) electrons. The molecule has 4 rings (SSSR count). The standard InChI is InChI=1S/C19H25N2O2/c1-21-11-5-4-10-17(21)14(7-6-12-21)13-20-18(22)15-8-2-3-9-16(15)19(20)23/h2-3,8-9,14,17H,4-7,10-13H2,1H3/q+1/t14-,17-,21+/m0/s1. The fourth-order valence-corrected chi connectivity index (χ4v) is 5.09. The lowest BCUT2D eigenvalue weighted by atomic mass is 9.81. The van der Waals surface area contributed by atoms with Crippen LogP contribution in [0.2, 0.25) is 0 Å². The Morgan fingerprint density at radius 3 is 2.35 bits per heavy atom. The molecule has 4 nitrogen and oxygen atoms in total. The van der Waals surface area contributed by atoms with E-state index in [2.05, 4.69) is 7.05 Å². The number of amides is 2. The number of carbonyl (C=O) groups excluding carboxylic acids is 2. The van der Waals surface area contributed by atoms with E-state index in [1.54, 1.807) is 12.1 Å². The Kier molecular flexibility index (Phi) is 3.52. The minimum absolute atomic E-state index is 0.0961. The van der Waals surface area contributed by atoms with Gasteiger partial charge in [-0.15, -0.1) is 0 Å². The molecule has 1 aromatic carbocycles. The van der Waals surface area contributed by atoms with Gasteiger partial charge in [0.05, 0.1) is 37.3 Å². The van der Waals surface area contributed by atoms with Gasteiger partial charge in [0.2, 0.25) is 0 Å². The first kappa shape index (κ1) is 14.9. The maximum Gasteiger partial charge on any atom is 0.261 e. The molecule has 122 valence electrons. The third-order valence-corrected chi connectivity index (χ3v) is 6.30. The molecule has 1 aromatic rings. The van der Waals surface area contributed by atoms with E-state index in [4.69, 9.17) is 0 Å². The first-order valence-electron chi connectivity index (χ1n) is 8.89. The normalized spacial score (nSPS) is 33.5. The predicted octanol–water partition coefficient (Wildman–Crippen LogP) is 2.69. The summed E-state index contributed by atoms with van der Waals surface area (Å²) in [5.74, 6) is 0.263. The molecular weight excluding hydrogens is 288 g/mol. The van der Waals surface area contributed by atoms with Crippen molar-refractivity contribution < 1.29 is 14.1 Å². The van der Waals surface area contributed by atoms with Crippen LogP contribution >= 0.6 is 0 Å². The summed E-state index contributed by atoms with van der Waals surface area (Å²) >= 11 is 0. The summed E-state index contributed by atoms with van der Waals surface area (Å²) in [4.78, 5) is 26.8. The SMILES string of the molecule is C[N@+]12CCCC[C@H]1[C@H](CN1C(=O)c3ccccc3C1=O)CCC2. The Labute approximate surface area is 137 Å². The smallest absolute Gasteiger partial charge is 0.261 e. The molecule has 0 unspecified atom stereocenters. The van der Waals surface area contributed by atoms with Crippen LogP contribution in [-0.2, 0) is 0 Å². The van der Waals surface area contributed by atoms with E-state index in [9.17, 15) is 9.59 Å². The number of rotatable bonds is 2. The quantitative estimate of drug-likeness (QED) is 0.622. The van der Waals surface area contributed by atoms with Crippen LogP contribution in [-0.4, -0.2) is 53.9 Å². The van der Waals surface area contributed by atoms with Crippen molar-refractivity contribution in [3.63, 3.8) is 0 Å². The van der Waals surface area contributed by atoms with Crippen LogP contribution in [0.25, 0.3) is 0 Å². The predicted molar refractivity (Wildman–Crippen MR) is 88.1 cm³/mol. The minimum Gasteiger partial charge on any atom is -0.323 e. The highest BCUT2D eigenvalue weighted by Gasteiger charge is 2.46. The summed E-state index contributed by atoms with van der Waals surface area (Å²) < 4.78 is 1.15. The zero-order valence-corrected chi connectivity index (χ0v) is 13.8. The van der Waals surface area contributed by atoms with Gasteiger partial charge in [0, 0.05) is 18.9 Å². The van der Waals surface area contributed by atoms with Gasteiger partial charge in [0.25, 0.3) is 11.8 Å². The van der Waals surface area contributed by atoms with Crippen LogP contribution in [0.3, 0.4) is 0 Å². The average Bonchev–Trinajstić information content (AvgIpc) is 2.80. The monoisotopic (exact) mass is 313 g/mol. The number of hydrogen-bond donors (Lipinski definition) is 0. The second-order valence-electron chi connectivity index (χ2n) is 7.66. The summed E-state index contributed by atoms with van der Waals surface area (Å²) in [6, 6.07) is 7.84. The van der Waals surface area contributed by atoms with Crippen molar-refractivity contribution in [2.75, 3.05) is 26.7 Å². The highest BCUT2D eigenvalue weighted by Crippen LogP contribution is 2.37. The zero-order valence-electron chi connectivity index (χ0n) is 13.8. The van der Waals surface area contributed by atoms with Gasteiger partial charge in [-0.3, -0.25) is 14.5 Å². The third kappa shape index (κ3) is 2.31. The first-order valence-corrected chi connectivity index (χ1v) is 8.89. The van der Waals surface area contributed by atoms with Crippen molar-refractivity contribution in [1.82, 2.24) is 4.90 Å². The van der Waals surface area contributed by atoms with Gasteiger partial charge in [-0.05, 0) is 37.8 Å². The second kappa shape index (κ2) is 5.45. The number of benzene rings is 1. The van der Waals surface area contributed by atoms with E-state index in [0.717, 1.165) is 10.9 Å². The maximum atomic E-state index is 12.6. The molecular formula is C19H25N2O2+. The van der Waals surface area contributed by atoms with Gasteiger partial charge in [-0.2, -0.15) is 0 Å². The molecule has 2 fully saturated rings. The van der Waals surface area contributed by atoms with Gasteiger partial charge < -0.3 is 4.48 Å². The Hall–Kier alpha value is -1.68.